The summed E-state index contributed by atoms with van der Waals surface area (Å²) in [5.74, 6) is 0. The van der Waals surface area contributed by atoms with Crippen LogP contribution in [0.1, 0.15) is 11.3 Å². The van der Waals surface area contributed by atoms with E-state index in [1.54, 1.807) is 0 Å². The molecule has 9 aromatic rings. The normalized spacial score (nSPS) is 12.4. The fourth-order valence-corrected chi connectivity index (χ4v) is 7.46. The zero-order valence-corrected chi connectivity index (χ0v) is 27.0. The summed E-state index contributed by atoms with van der Waals surface area (Å²) < 4.78 is 4.67. The van der Waals surface area contributed by atoms with E-state index in [1.165, 1.54) is 33.1 Å². The molecule has 50 heavy (non-hydrogen) atoms. The standard InChI is InChI=1S/C44H30N6/c1-3-7-41-35(5-1)37-27-46-23-19-43(37)49(41)33-13-9-29(10-14-33)32-25-39(48-40(26-32)31-17-21-45-22-18-31)30-11-15-34(16-12-30)50-42-8-4-2-6-36(42)38-28-47-24-20-44(38)50/h1-27,47H,28H2. The average Bonchev–Trinajstić information content (AvgIpc) is 3.71. The number of pyridine rings is 3. The minimum absolute atomic E-state index is 0.822. The monoisotopic (exact) mass is 642 g/mol. The molecule has 0 spiro atoms. The molecular formula is C44H30N6. The molecule has 0 atom stereocenters. The maximum atomic E-state index is 5.17. The molecule has 236 valence electrons. The van der Waals surface area contributed by atoms with Gasteiger partial charge in [0.1, 0.15) is 0 Å². The van der Waals surface area contributed by atoms with E-state index in [2.05, 4.69) is 146 Å². The molecule has 0 bridgehead atoms. The topological polar surface area (TPSA) is 60.6 Å². The Bertz CT molecular complexity index is 2680. The van der Waals surface area contributed by atoms with Crippen molar-refractivity contribution in [2.45, 2.75) is 6.54 Å². The Morgan fingerprint density at radius 2 is 1.10 bits per heavy atom. The van der Waals surface area contributed by atoms with Crippen LogP contribution in [0.4, 0.5) is 0 Å². The maximum Gasteiger partial charge on any atom is 0.0716 e. The Hall–Kier alpha value is -6.79. The molecule has 0 fully saturated rings. The van der Waals surface area contributed by atoms with E-state index in [-0.39, 0.29) is 0 Å². The second-order valence-electron chi connectivity index (χ2n) is 12.6. The van der Waals surface area contributed by atoms with E-state index in [4.69, 9.17) is 4.98 Å². The van der Waals surface area contributed by atoms with E-state index >= 15 is 0 Å². The first kappa shape index (κ1) is 28.2. The van der Waals surface area contributed by atoms with Crippen LogP contribution in [0, 0.1) is 0 Å². The lowest BCUT2D eigenvalue weighted by atomic mass is 10.00. The summed E-state index contributed by atoms with van der Waals surface area (Å²) in [5, 5.41) is 7.01. The zero-order chi connectivity index (χ0) is 33.0. The summed E-state index contributed by atoms with van der Waals surface area (Å²) in [7, 11) is 0. The highest BCUT2D eigenvalue weighted by Crippen LogP contribution is 2.36. The van der Waals surface area contributed by atoms with Crippen LogP contribution in [0.2, 0.25) is 0 Å². The van der Waals surface area contributed by atoms with E-state index in [9.17, 15) is 0 Å². The quantitative estimate of drug-likeness (QED) is 0.203. The summed E-state index contributed by atoms with van der Waals surface area (Å²) in [4.78, 5) is 13.8. The Labute approximate surface area is 288 Å². The molecule has 1 aliphatic heterocycles. The van der Waals surface area contributed by atoms with Crippen LogP contribution in [-0.2, 0) is 6.54 Å². The summed E-state index contributed by atoms with van der Waals surface area (Å²) in [6.07, 6.45) is 11.7. The number of rotatable bonds is 5. The maximum absolute atomic E-state index is 5.17. The fourth-order valence-electron chi connectivity index (χ4n) is 7.46. The number of benzene rings is 4. The molecule has 5 aromatic heterocycles. The van der Waals surface area contributed by atoms with Gasteiger partial charge < -0.3 is 14.5 Å². The SMILES string of the molecule is C1=Cc2c(c3ccccc3n2-c2ccc(-c3cc(-c4ccc(-n5c6ccccc6c6cnccc65)cc4)cc(-c4ccncc4)n3)cc2)CN1. The smallest absolute Gasteiger partial charge is 0.0716 e. The van der Waals surface area contributed by atoms with Gasteiger partial charge in [-0.05, 0) is 90.1 Å². The Morgan fingerprint density at radius 3 is 1.86 bits per heavy atom. The molecule has 0 radical (unpaired) electrons. The van der Waals surface area contributed by atoms with Gasteiger partial charge in [-0.15, -0.1) is 0 Å². The fraction of sp³-hybridized carbons (Fsp3) is 0.0227. The van der Waals surface area contributed by atoms with Crippen molar-refractivity contribution in [2.75, 3.05) is 0 Å². The van der Waals surface area contributed by atoms with Crippen LogP contribution >= 0.6 is 0 Å². The van der Waals surface area contributed by atoms with Crippen molar-refractivity contribution in [3.05, 3.63) is 170 Å². The predicted octanol–water partition coefficient (Wildman–Crippen LogP) is 9.99. The van der Waals surface area contributed by atoms with E-state index in [1.807, 2.05) is 43.1 Å². The number of nitrogens with zero attached hydrogens (tertiary/aromatic N) is 5. The molecule has 6 heterocycles. The van der Waals surface area contributed by atoms with Gasteiger partial charge in [0.2, 0.25) is 0 Å². The van der Waals surface area contributed by atoms with Gasteiger partial charge in [0.25, 0.3) is 0 Å². The van der Waals surface area contributed by atoms with Crippen molar-refractivity contribution in [3.63, 3.8) is 0 Å². The van der Waals surface area contributed by atoms with Gasteiger partial charge in [0.05, 0.1) is 33.6 Å². The van der Waals surface area contributed by atoms with Crippen LogP contribution in [0.15, 0.2) is 158 Å². The van der Waals surface area contributed by atoms with E-state index in [0.29, 0.717) is 0 Å². The van der Waals surface area contributed by atoms with Gasteiger partial charge >= 0.3 is 0 Å². The van der Waals surface area contributed by atoms with Crippen molar-refractivity contribution in [2.24, 2.45) is 0 Å². The molecule has 0 saturated carbocycles. The molecule has 6 heteroatoms. The third kappa shape index (κ3) is 4.54. The van der Waals surface area contributed by atoms with Crippen molar-refractivity contribution in [1.29, 1.82) is 0 Å². The van der Waals surface area contributed by atoms with Crippen molar-refractivity contribution >= 4 is 38.8 Å². The third-order valence-electron chi connectivity index (χ3n) is 9.81. The largest absolute Gasteiger partial charge is 0.387 e. The third-order valence-corrected chi connectivity index (χ3v) is 9.81. The van der Waals surface area contributed by atoms with E-state index in [0.717, 1.165) is 62.5 Å². The molecule has 0 amide bonds. The average molecular weight is 643 g/mol. The molecule has 6 nitrogen and oxygen atoms in total. The second-order valence-corrected chi connectivity index (χ2v) is 12.6. The highest BCUT2D eigenvalue weighted by atomic mass is 15.0. The number of aromatic nitrogens is 5. The number of fused-ring (bicyclic) bond motifs is 6. The van der Waals surface area contributed by atoms with Crippen molar-refractivity contribution in [3.8, 4) is 45.0 Å². The molecule has 0 unspecified atom stereocenters. The molecular weight excluding hydrogens is 613 g/mol. The Kier molecular flexibility index (Phi) is 6.45. The van der Waals surface area contributed by atoms with E-state index < -0.39 is 0 Å². The molecule has 1 N–H and O–H groups in total. The Balaban J connectivity index is 1.07. The zero-order valence-electron chi connectivity index (χ0n) is 27.0. The van der Waals surface area contributed by atoms with Gasteiger partial charge in [-0.1, -0.05) is 60.7 Å². The van der Waals surface area contributed by atoms with Gasteiger partial charge in [-0.2, -0.15) is 0 Å². The lowest BCUT2D eigenvalue weighted by Gasteiger charge is -2.14. The number of para-hydroxylation sites is 2. The van der Waals surface area contributed by atoms with Gasteiger partial charge in [-0.3, -0.25) is 9.97 Å². The van der Waals surface area contributed by atoms with Crippen LogP contribution in [0.5, 0.6) is 0 Å². The van der Waals surface area contributed by atoms with Crippen molar-refractivity contribution in [1.82, 2.24) is 29.4 Å². The number of hydrogen-bond acceptors (Lipinski definition) is 4. The first-order chi connectivity index (χ1) is 24.8. The van der Waals surface area contributed by atoms with Gasteiger partial charge in [0.15, 0.2) is 0 Å². The lowest BCUT2D eigenvalue weighted by molar-refractivity contribution is 0.855. The molecule has 0 aliphatic carbocycles. The van der Waals surface area contributed by atoms with Gasteiger partial charge in [-0.25, -0.2) is 4.98 Å². The second kappa shape index (κ2) is 11.4. The van der Waals surface area contributed by atoms with Crippen molar-refractivity contribution < 1.29 is 0 Å². The van der Waals surface area contributed by atoms with Crippen LogP contribution in [0.3, 0.4) is 0 Å². The number of nitrogens with one attached hydrogen (secondary N) is 1. The van der Waals surface area contributed by atoms with Crippen LogP contribution in [-0.4, -0.2) is 24.1 Å². The van der Waals surface area contributed by atoms with Crippen LogP contribution in [0.25, 0.3) is 83.8 Å². The molecule has 0 saturated heterocycles. The highest BCUT2D eigenvalue weighted by Gasteiger charge is 2.18. The van der Waals surface area contributed by atoms with Crippen LogP contribution < -0.4 is 5.32 Å². The minimum Gasteiger partial charge on any atom is -0.387 e. The summed E-state index contributed by atoms with van der Waals surface area (Å²) in [6.45, 7) is 0.822. The lowest BCUT2D eigenvalue weighted by Crippen LogP contribution is -2.10. The first-order valence-electron chi connectivity index (χ1n) is 16.8. The Morgan fingerprint density at radius 1 is 0.500 bits per heavy atom. The summed E-state index contributed by atoms with van der Waals surface area (Å²) in [6, 6.07) is 45.2. The number of hydrogen-bond donors (Lipinski definition) is 1. The summed E-state index contributed by atoms with van der Waals surface area (Å²) in [5.41, 5.74) is 14.4. The molecule has 1 aliphatic rings. The van der Waals surface area contributed by atoms with Gasteiger partial charge in [0, 0.05) is 75.6 Å². The molecule has 4 aromatic carbocycles. The predicted molar refractivity (Wildman–Crippen MR) is 203 cm³/mol. The highest BCUT2D eigenvalue weighted by molar-refractivity contribution is 6.08. The molecule has 10 rings (SSSR count). The summed E-state index contributed by atoms with van der Waals surface area (Å²) >= 11 is 0. The minimum atomic E-state index is 0.822. The first-order valence-corrected chi connectivity index (χ1v) is 16.8.